The number of nitrogens with two attached hydrogens (primary N) is 1. The van der Waals surface area contributed by atoms with E-state index >= 15 is 0 Å². The molecule has 0 spiro atoms. The molecule has 12 nitrogen and oxygen atoms in total. The van der Waals surface area contributed by atoms with E-state index in [9.17, 15) is 29.3 Å². The van der Waals surface area contributed by atoms with Crippen LogP contribution in [0.25, 0.3) is 0 Å². The molecule has 1 aliphatic rings. The molecular formula is C18H22N4O8S. The molecule has 0 unspecified atom stereocenters. The number of rotatable bonds is 8. The van der Waals surface area contributed by atoms with Gasteiger partial charge in [0.25, 0.3) is 11.6 Å². The van der Waals surface area contributed by atoms with Gasteiger partial charge in [-0.2, -0.15) is 0 Å². The summed E-state index contributed by atoms with van der Waals surface area (Å²) >= 11 is 0.848. The number of nitrogens with zero attached hydrogens (tertiary/aromatic N) is 3. The predicted molar refractivity (Wildman–Crippen MR) is 108 cm³/mol. The number of benzene rings is 1. The van der Waals surface area contributed by atoms with Crippen molar-refractivity contribution in [3.8, 4) is 0 Å². The zero-order valence-electron chi connectivity index (χ0n) is 16.8. The first-order chi connectivity index (χ1) is 14.7. The van der Waals surface area contributed by atoms with Crippen LogP contribution < -0.4 is 5.73 Å². The topological polar surface area (TPSA) is 162 Å². The Kier molecular flexibility index (Phi) is 8.61. The molecular weight excluding hydrogens is 432 g/mol. The van der Waals surface area contributed by atoms with Gasteiger partial charge in [-0.3, -0.25) is 24.5 Å². The van der Waals surface area contributed by atoms with Gasteiger partial charge in [-0.15, -0.1) is 11.8 Å². The molecule has 1 heterocycles. The number of esters is 1. The quantitative estimate of drug-likeness (QED) is 0.257. The number of nitro groups is 1. The number of nitro benzene ring substituents is 1. The second-order valence-electron chi connectivity index (χ2n) is 6.32. The molecule has 2 N–H and O–H groups in total. The lowest BCUT2D eigenvalue weighted by Gasteiger charge is -2.33. The van der Waals surface area contributed by atoms with E-state index in [-0.39, 0.29) is 28.5 Å². The van der Waals surface area contributed by atoms with Gasteiger partial charge < -0.3 is 25.0 Å². The van der Waals surface area contributed by atoms with Crippen molar-refractivity contribution in [3.63, 3.8) is 0 Å². The van der Waals surface area contributed by atoms with Crippen molar-refractivity contribution in [1.29, 1.82) is 0 Å². The molecule has 0 saturated carbocycles. The molecule has 0 aliphatic carbocycles. The largest absolute Gasteiger partial charge is 0.455 e. The van der Waals surface area contributed by atoms with Crippen LogP contribution in [-0.4, -0.2) is 83.7 Å². The fourth-order valence-corrected chi connectivity index (χ4v) is 3.50. The highest BCUT2D eigenvalue weighted by atomic mass is 32.2. The normalized spacial score (nSPS) is 13.5. The van der Waals surface area contributed by atoms with Crippen molar-refractivity contribution in [3.05, 3.63) is 33.9 Å². The summed E-state index contributed by atoms with van der Waals surface area (Å²) in [4.78, 5) is 60.6. The van der Waals surface area contributed by atoms with Gasteiger partial charge in [-0.1, -0.05) is 0 Å². The summed E-state index contributed by atoms with van der Waals surface area (Å²) < 4.78 is 9.86. The Morgan fingerprint density at radius 2 is 1.77 bits per heavy atom. The van der Waals surface area contributed by atoms with Crippen LogP contribution in [0.3, 0.4) is 0 Å². The van der Waals surface area contributed by atoms with Crippen LogP contribution in [0.15, 0.2) is 23.1 Å². The van der Waals surface area contributed by atoms with Crippen LogP contribution in [0, 0.1) is 10.1 Å². The van der Waals surface area contributed by atoms with Crippen LogP contribution in [0.2, 0.25) is 0 Å². The van der Waals surface area contributed by atoms with E-state index in [0.717, 1.165) is 17.8 Å². The second kappa shape index (κ2) is 11.2. The molecule has 1 aromatic rings. The summed E-state index contributed by atoms with van der Waals surface area (Å²) in [6.07, 6.45) is -0.434. The van der Waals surface area contributed by atoms with Crippen LogP contribution in [0.5, 0.6) is 0 Å². The molecule has 168 valence electrons. The minimum atomic E-state index is -0.805. The number of primary amides is 1. The zero-order valence-corrected chi connectivity index (χ0v) is 17.6. The average molecular weight is 454 g/mol. The third kappa shape index (κ3) is 6.84. The van der Waals surface area contributed by atoms with Crippen molar-refractivity contribution < 1.29 is 33.6 Å². The lowest BCUT2D eigenvalue weighted by molar-refractivity contribution is -0.387. The van der Waals surface area contributed by atoms with E-state index in [4.69, 9.17) is 15.2 Å². The third-order valence-electron chi connectivity index (χ3n) is 4.30. The molecule has 1 saturated heterocycles. The maximum absolute atomic E-state index is 12.2. The van der Waals surface area contributed by atoms with Gasteiger partial charge in [-0.25, -0.2) is 4.79 Å². The SMILES string of the molecule is CCOC(=O)N1CCN(C(=O)COC(=O)CSc2ccc(C(N)=O)cc2[N+](=O)[O-])CC1. The van der Waals surface area contributed by atoms with Crippen LogP contribution in [0.4, 0.5) is 10.5 Å². The third-order valence-corrected chi connectivity index (χ3v) is 5.34. The Hall–Kier alpha value is -3.35. The molecule has 3 amide bonds. The Bertz CT molecular complexity index is 870. The molecule has 13 heteroatoms. The summed E-state index contributed by atoms with van der Waals surface area (Å²) in [6, 6.07) is 3.68. The van der Waals surface area contributed by atoms with E-state index in [0.29, 0.717) is 26.2 Å². The number of hydrogen-bond acceptors (Lipinski definition) is 9. The second-order valence-corrected chi connectivity index (χ2v) is 7.34. The highest BCUT2D eigenvalue weighted by molar-refractivity contribution is 8.00. The molecule has 1 fully saturated rings. The van der Waals surface area contributed by atoms with Crippen molar-refractivity contribution >= 4 is 41.3 Å². The van der Waals surface area contributed by atoms with Crippen molar-refractivity contribution in [2.45, 2.75) is 11.8 Å². The monoisotopic (exact) mass is 454 g/mol. The van der Waals surface area contributed by atoms with Gasteiger partial charge in [0.15, 0.2) is 6.61 Å². The lowest BCUT2D eigenvalue weighted by atomic mass is 10.2. The minimum absolute atomic E-state index is 0.0210. The lowest BCUT2D eigenvalue weighted by Crippen LogP contribution is -2.51. The number of hydrogen-bond donors (Lipinski definition) is 1. The van der Waals surface area contributed by atoms with Gasteiger partial charge >= 0.3 is 12.1 Å². The van der Waals surface area contributed by atoms with Crippen molar-refractivity contribution in [1.82, 2.24) is 9.80 Å². The fourth-order valence-electron chi connectivity index (χ4n) is 2.70. The number of amides is 3. The highest BCUT2D eigenvalue weighted by Crippen LogP contribution is 2.30. The Labute approximate surface area is 181 Å². The average Bonchev–Trinajstić information content (AvgIpc) is 2.75. The smallest absolute Gasteiger partial charge is 0.409 e. The zero-order chi connectivity index (χ0) is 23.0. The standard InChI is InChI=1S/C18H22N4O8S/c1-2-29-18(26)21-7-5-20(6-8-21)15(23)10-30-16(24)11-31-14-4-3-12(17(19)25)9-13(14)22(27)28/h3-4,9H,2,5-8,10-11H2,1H3,(H2,19,25). The fraction of sp³-hybridized carbons (Fsp3) is 0.444. The van der Waals surface area contributed by atoms with Gasteiger partial charge in [0.05, 0.1) is 22.2 Å². The highest BCUT2D eigenvalue weighted by Gasteiger charge is 2.25. The Morgan fingerprint density at radius 1 is 1.13 bits per heavy atom. The van der Waals surface area contributed by atoms with E-state index < -0.39 is 35.4 Å². The molecule has 1 aromatic carbocycles. The maximum Gasteiger partial charge on any atom is 0.409 e. The van der Waals surface area contributed by atoms with Gasteiger partial charge in [0.2, 0.25) is 5.91 Å². The van der Waals surface area contributed by atoms with Gasteiger partial charge in [0.1, 0.15) is 0 Å². The first kappa shape index (κ1) is 23.9. The number of carbonyl (C=O) groups excluding carboxylic acids is 4. The van der Waals surface area contributed by atoms with Crippen LogP contribution in [-0.2, 0) is 19.1 Å². The summed E-state index contributed by atoms with van der Waals surface area (Å²) in [5.74, 6) is -2.20. The Morgan fingerprint density at radius 3 is 2.35 bits per heavy atom. The number of carbonyl (C=O) groups is 4. The molecule has 31 heavy (non-hydrogen) atoms. The van der Waals surface area contributed by atoms with E-state index in [1.165, 1.54) is 21.9 Å². The first-order valence-electron chi connectivity index (χ1n) is 9.29. The van der Waals surface area contributed by atoms with E-state index in [1.807, 2.05) is 0 Å². The summed E-state index contributed by atoms with van der Waals surface area (Å²) in [5, 5.41) is 11.2. The molecule has 2 rings (SSSR count). The number of piperazine rings is 1. The molecule has 1 aliphatic heterocycles. The van der Waals surface area contributed by atoms with Crippen molar-refractivity contribution in [2.24, 2.45) is 5.73 Å². The molecule has 0 bridgehead atoms. The summed E-state index contributed by atoms with van der Waals surface area (Å²) in [6.45, 7) is 2.73. The molecule has 0 radical (unpaired) electrons. The Balaban J connectivity index is 1.80. The molecule has 0 aromatic heterocycles. The van der Waals surface area contributed by atoms with Gasteiger partial charge in [-0.05, 0) is 19.1 Å². The van der Waals surface area contributed by atoms with Crippen LogP contribution in [0.1, 0.15) is 17.3 Å². The number of ether oxygens (including phenoxy) is 2. The van der Waals surface area contributed by atoms with Gasteiger partial charge in [0, 0.05) is 37.8 Å². The maximum atomic E-state index is 12.2. The minimum Gasteiger partial charge on any atom is -0.455 e. The summed E-state index contributed by atoms with van der Waals surface area (Å²) in [5.41, 5.74) is 4.74. The van der Waals surface area contributed by atoms with E-state index in [2.05, 4.69) is 0 Å². The van der Waals surface area contributed by atoms with Crippen molar-refractivity contribution in [2.75, 3.05) is 45.1 Å². The predicted octanol–water partition coefficient (Wildman–Crippen LogP) is 0.630. The molecule has 0 atom stereocenters. The summed E-state index contributed by atoms with van der Waals surface area (Å²) in [7, 11) is 0. The van der Waals surface area contributed by atoms with E-state index in [1.54, 1.807) is 6.92 Å². The number of thioether (sulfide) groups is 1. The first-order valence-corrected chi connectivity index (χ1v) is 10.3. The van der Waals surface area contributed by atoms with Crippen LogP contribution >= 0.6 is 11.8 Å².